The van der Waals surface area contributed by atoms with Crippen molar-refractivity contribution >= 4 is 61.2 Å². The molecule has 2 unspecified atom stereocenters. The van der Waals surface area contributed by atoms with Crippen LogP contribution in [0, 0.1) is 0 Å². The highest BCUT2D eigenvalue weighted by Crippen LogP contribution is 2.37. The van der Waals surface area contributed by atoms with Crippen molar-refractivity contribution in [1.29, 1.82) is 0 Å². The van der Waals surface area contributed by atoms with Gasteiger partial charge in [0.15, 0.2) is 0 Å². The van der Waals surface area contributed by atoms with Crippen LogP contribution < -0.4 is 16.4 Å². The number of hydrogen-bond donors (Lipinski definition) is 3. The molecule has 3 atom stereocenters. The van der Waals surface area contributed by atoms with Gasteiger partial charge in [0.05, 0.1) is 5.69 Å². The van der Waals surface area contributed by atoms with Gasteiger partial charge in [-0.25, -0.2) is 9.59 Å². The highest BCUT2D eigenvalue weighted by Gasteiger charge is 2.41. The number of rotatable bonds is 6. The summed E-state index contributed by atoms with van der Waals surface area (Å²) < 4.78 is 1.49. The maximum absolute atomic E-state index is 14.2. The number of carbonyl (C=O) groups is 3. The first kappa shape index (κ1) is 33.6. The molecule has 13 heteroatoms. The Morgan fingerprint density at radius 1 is 0.896 bits per heavy atom. The Bertz CT molecular complexity index is 1510. The lowest BCUT2D eigenvalue weighted by Crippen LogP contribution is -2.60. The van der Waals surface area contributed by atoms with Gasteiger partial charge in [-0.2, -0.15) is 0 Å². The lowest BCUT2D eigenvalue weighted by molar-refractivity contribution is -0.135. The molecule has 11 nitrogen and oxygen atoms in total. The average Bonchev–Trinajstić information content (AvgIpc) is 3.28. The largest absolute Gasteiger partial charge is 0.397 e. The van der Waals surface area contributed by atoms with E-state index in [1.54, 1.807) is 4.90 Å². The van der Waals surface area contributed by atoms with Crippen LogP contribution in [0.1, 0.15) is 49.7 Å². The van der Waals surface area contributed by atoms with Gasteiger partial charge in [-0.05, 0) is 107 Å². The molecule has 4 N–H and O–H groups in total. The Hall–Kier alpha value is -2.87. The fourth-order valence-electron chi connectivity index (χ4n) is 8.54. The quantitative estimate of drug-likeness (QED) is 0.366. The molecule has 0 aliphatic carbocycles. The van der Waals surface area contributed by atoms with E-state index >= 15 is 0 Å². The van der Waals surface area contributed by atoms with Crippen LogP contribution in [0.25, 0.3) is 0 Å². The van der Waals surface area contributed by atoms with Crippen molar-refractivity contribution in [3.05, 3.63) is 56.5 Å². The van der Waals surface area contributed by atoms with Crippen LogP contribution in [0.2, 0.25) is 0 Å². The Morgan fingerprint density at radius 2 is 1.54 bits per heavy atom. The molecule has 5 aliphatic rings. The van der Waals surface area contributed by atoms with E-state index in [4.69, 9.17) is 5.73 Å². The number of halogens is 2. The Morgan fingerprint density at radius 3 is 2.21 bits per heavy atom. The lowest BCUT2D eigenvalue weighted by Gasteiger charge is -2.45. The SMILES string of the molecule is CN1C2CCC1CC(N1CCN(C(=O)[C@H](Cc3cc(Br)c(N)c(Br)c3)NC(=O)N3CCC(N4Cc5ccccc5NC4=O)CC3)CC1)C2. The number of urea groups is 2. The number of likely N-dealkylation sites (tertiary alicyclic amines) is 1. The van der Waals surface area contributed by atoms with E-state index in [0.29, 0.717) is 75.8 Å². The van der Waals surface area contributed by atoms with E-state index in [1.807, 2.05) is 46.2 Å². The first-order chi connectivity index (χ1) is 23.1. The molecule has 0 spiro atoms. The van der Waals surface area contributed by atoms with E-state index < -0.39 is 6.04 Å². The van der Waals surface area contributed by atoms with Crippen molar-refractivity contribution in [2.75, 3.05) is 57.4 Å². The monoisotopic (exact) mass is 784 g/mol. The molecule has 2 aromatic carbocycles. The molecule has 48 heavy (non-hydrogen) atoms. The number of nitrogen functional groups attached to an aromatic ring is 1. The molecule has 5 heterocycles. The molecule has 0 saturated carbocycles. The van der Waals surface area contributed by atoms with Crippen LogP contribution in [0.3, 0.4) is 0 Å². The number of nitrogens with two attached hydrogens (primary N) is 1. The van der Waals surface area contributed by atoms with Gasteiger partial charge < -0.3 is 36.0 Å². The Balaban J connectivity index is 0.987. The van der Waals surface area contributed by atoms with Gasteiger partial charge in [0.1, 0.15) is 6.04 Å². The van der Waals surface area contributed by atoms with Gasteiger partial charge in [-0.1, -0.05) is 18.2 Å². The number of fused-ring (bicyclic) bond motifs is 3. The summed E-state index contributed by atoms with van der Waals surface area (Å²) in [7, 11) is 2.27. The summed E-state index contributed by atoms with van der Waals surface area (Å²) in [6, 6.07) is 12.7. The molecule has 5 aliphatic heterocycles. The number of piperidine rings is 2. The van der Waals surface area contributed by atoms with Gasteiger partial charge >= 0.3 is 12.1 Å². The molecule has 2 bridgehead atoms. The lowest BCUT2D eigenvalue weighted by atomic mass is 9.96. The minimum atomic E-state index is -0.715. The molecular formula is C35H46Br2N8O3. The molecule has 2 aromatic rings. The van der Waals surface area contributed by atoms with Crippen molar-refractivity contribution in [2.24, 2.45) is 0 Å². The summed E-state index contributed by atoms with van der Waals surface area (Å²) in [4.78, 5) is 51.6. The number of benzene rings is 2. The predicted molar refractivity (Wildman–Crippen MR) is 194 cm³/mol. The van der Waals surface area contributed by atoms with Gasteiger partial charge in [0.2, 0.25) is 5.91 Å². The first-order valence-electron chi connectivity index (χ1n) is 17.3. The summed E-state index contributed by atoms with van der Waals surface area (Å²) in [5, 5.41) is 6.13. The smallest absolute Gasteiger partial charge is 0.322 e. The van der Waals surface area contributed by atoms with Crippen LogP contribution in [-0.2, 0) is 17.8 Å². The molecule has 5 amide bonds. The number of carbonyl (C=O) groups excluding carboxylic acids is 3. The number of hydrogen-bond acceptors (Lipinski definition) is 6. The molecular weight excluding hydrogens is 740 g/mol. The molecule has 4 saturated heterocycles. The highest BCUT2D eigenvalue weighted by molar-refractivity contribution is 9.11. The molecule has 7 rings (SSSR count). The van der Waals surface area contributed by atoms with E-state index in [-0.39, 0.29) is 24.0 Å². The summed E-state index contributed by atoms with van der Waals surface area (Å²) in [5.74, 6) is -0.0472. The van der Waals surface area contributed by atoms with E-state index in [0.717, 1.165) is 38.8 Å². The summed E-state index contributed by atoms with van der Waals surface area (Å²) >= 11 is 7.08. The van der Waals surface area contributed by atoms with Crippen molar-refractivity contribution in [3.8, 4) is 0 Å². The molecule has 0 aromatic heterocycles. The number of nitrogens with one attached hydrogen (secondary N) is 2. The molecule has 4 fully saturated rings. The molecule has 0 radical (unpaired) electrons. The van der Waals surface area contributed by atoms with Crippen LogP contribution in [0.15, 0.2) is 45.3 Å². The van der Waals surface area contributed by atoms with Crippen molar-refractivity contribution < 1.29 is 14.4 Å². The van der Waals surface area contributed by atoms with Gasteiger partial charge in [-0.3, -0.25) is 9.69 Å². The first-order valence-corrected chi connectivity index (χ1v) is 18.9. The summed E-state index contributed by atoms with van der Waals surface area (Å²) in [5.41, 5.74) is 9.61. The van der Waals surface area contributed by atoms with Crippen LogP contribution in [0.4, 0.5) is 21.0 Å². The number of anilines is 2. The summed E-state index contributed by atoms with van der Waals surface area (Å²) in [6.45, 7) is 4.64. The third kappa shape index (κ3) is 6.93. The second-order valence-corrected chi connectivity index (χ2v) is 15.9. The van der Waals surface area contributed by atoms with Crippen molar-refractivity contribution in [2.45, 2.75) is 81.7 Å². The van der Waals surface area contributed by atoms with E-state index in [9.17, 15) is 14.4 Å². The van der Waals surface area contributed by atoms with Crippen LogP contribution >= 0.6 is 31.9 Å². The topological polar surface area (TPSA) is 117 Å². The minimum absolute atomic E-state index is 0.0420. The molecule has 258 valence electrons. The number of para-hydroxylation sites is 1. The standard InChI is InChI=1S/C35H46Br2N8O3/c1-41-25-6-7-26(41)20-27(19-25)42-12-14-43(15-13-42)33(46)31(18-22-16-28(36)32(38)29(37)17-22)40-34(47)44-10-8-24(9-11-44)45-21-23-4-2-3-5-30(23)39-35(45)48/h2-5,16-17,24-27,31H,6-15,18-21,38H2,1H3,(H,39,48)(H,40,47)/t25?,26?,27?,31-/m0/s1. The fraction of sp³-hybridized carbons (Fsp3) is 0.571. The van der Waals surface area contributed by atoms with Gasteiger partial charge in [-0.15, -0.1) is 0 Å². The van der Waals surface area contributed by atoms with E-state index in [1.165, 1.54) is 25.7 Å². The zero-order chi connectivity index (χ0) is 33.5. The van der Waals surface area contributed by atoms with E-state index in [2.05, 4.69) is 59.3 Å². The third-order valence-electron chi connectivity index (χ3n) is 11.4. The predicted octanol–water partition coefficient (Wildman–Crippen LogP) is 4.70. The number of nitrogens with zero attached hydrogens (tertiary/aromatic N) is 5. The maximum atomic E-state index is 14.2. The van der Waals surface area contributed by atoms with Gasteiger partial charge in [0, 0.05) is 91.0 Å². The fourth-order valence-corrected chi connectivity index (χ4v) is 9.82. The maximum Gasteiger partial charge on any atom is 0.322 e. The Kier molecular flexibility index (Phi) is 9.92. The Labute approximate surface area is 299 Å². The highest BCUT2D eigenvalue weighted by atomic mass is 79.9. The van der Waals surface area contributed by atoms with Crippen LogP contribution in [-0.4, -0.2) is 119 Å². The van der Waals surface area contributed by atoms with Crippen molar-refractivity contribution in [3.63, 3.8) is 0 Å². The second-order valence-electron chi connectivity index (χ2n) is 14.1. The minimum Gasteiger partial charge on any atom is -0.397 e. The summed E-state index contributed by atoms with van der Waals surface area (Å²) in [6.07, 6.45) is 6.74. The third-order valence-corrected chi connectivity index (χ3v) is 12.8. The normalized spacial score (nSPS) is 25.9. The van der Waals surface area contributed by atoms with Crippen LogP contribution in [0.5, 0.6) is 0 Å². The number of piperazine rings is 1. The zero-order valence-electron chi connectivity index (χ0n) is 27.5. The zero-order valence-corrected chi connectivity index (χ0v) is 30.7. The van der Waals surface area contributed by atoms with Gasteiger partial charge in [0.25, 0.3) is 0 Å². The number of amides is 5. The second kappa shape index (κ2) is 14.2. The average molecular weight is 787 g/mol. The van der Waals surface area contributed by atoms with Crippen molar-refractivity contribution in [1.82, 2.24) is 29.8 Å².